The van der Waals surface area contributed by atoms with Gasteiger partial charge in [-0.05, 0) is 92.3 Å². The van der Waals surface area contributed by atoms with Gasteiger partial charge in [0.1, 0.15) is 16.5 Å². The Morgan fingerprint density at radius 1 is 1.00 bits per heavy atom. The van der Waals surface area contributed by atoms with Gasteiger partial charge in [-0.3, -0.25) is 0 Å². The van der Waals surface area contributed by atoms with Gasteiger partial charge in [0.15, 0.2) is 0 Å². The Kier molecular flexibility index (Phi) is 6.38. The highest BCUT2D eigenvalue weighted by atomic mass is 32.1. The van der Waals surface area contributed by atoms with Crippen molar-refractivity contribution >= 4 is 23.1 Å². The first-order valence-corrected chi connectivity index (χ1v) is 13.7. The van der Waals surface area contributed by atoms with Crippen molar-refractivity contribution in [3.8, 4) is 16.5 Å². The zero-order valence-electron chi connectivity index (χ0n) is 21.2. The predicted octanol–water partition coefficient (Wildman–Crippen LogP) is 6.96. The van der Waals surface area contributed by atoms with Gasteiger partial charge >= 0.3 is 6.03 Å². The van der Waals surface area contributed by atoms with Gasteiger partial charge in [-0.15, -0.1) is 11.3 Å². The fourth-order valence-electron chi connectivity index (χ4n) is 5.52. The third kappa shape index (κ3) is 4.37. The summed E-state index contributed by atoms with van der Waals surface area (Å²) in [4.78, 5) is 17.5. The van der Waals surface area contributed by atoms with E-state index < -0.39 is 0 Å². The van der Waals surface area contributed by atoms with Gasteiger partial charge in [-0.25, -0.2) is 4.79 Å². The number of amides is 2. The number of ether oxygens (including phenoxy) is 2. The fourth-order valence-corrected chi connectivity index (χ4v) is 6.92. The van der Waals surface area contributed by atoms with Crippen molar-refractivity contribution in [1.82, 2.24) is 9.47 Å². The van der Waals surface area contributed by atoms with Crippen LogP contribution in [0.2, 0.25) is 0 Å². The summed E-state index contributed by atoms with van der Waals surface area (Å²) in [6.07, 6.45) is 6.79. The minimum absolute atomic E-state index is 0.125. The van der Waals surface area contributed by atoms with E-state index in [9.17, 15) is 4.79 Å². The van der Waals surface area contributed by atoms with E-state index in [-0.39, 0.29) is 12.1 Å². The smallest absolute Gasteiger partial charge is 0.322 e. The van der Waals surface area contributed by atoms with Crippen molar-refractivity contribution in [3.63, 3.8) is 0 Å². The molecule has 2 aromatic heterocycles. The van der Waals surface area contributed by atoms with E-state index in [1.165, 1.54) is 33.8 Å². The van der Waals surface area contributed by atoms with Crippen molar-refractivity contribution < 1.29 is 14.3 Å². The summed E-state index contributed by atoms with van der Waals surface area (Å²) in [6.45, 7) is 3.16. The number of urea groups is 1. The number of rotatable bonds is 5. The van der Waals surface area contributed by atoms with E-state index in [1.807, 2.05) is 59.6 Å². The largest absolute Gasteiger partial charge is 0.497 e. The lowest BCUT2D eigenvalue weighted by Crippen LogP contribution is -2.38. The number of aryl methyl sites for hydroxylation is 1. The molecule has 0 radical (unpaired) electrons. The van der Waals surface area contributed by atoms with E-state index in [2.05, 4.69) is 40.3 Å². The molecule has 1 N–H and O–H groups in total. The van der Waals surface area contributed by atoms with Crippen LogP contribution in [0, 0.1) is 0 Å². The molecule has 2 aromatic carbocycles. The lowest BCUT2D eigenvalue weighted by molar-refractivity contribution is 0.194. The van der Waals surface area contributed by atoms with Crippen LogP contribution < -0.4 is 14.8 Å². The summed E-state index contributed by atoms with van der Waals surface area (Å²) < 4.78 is 13.3. The highest BCUT2D eigenvalue weighted by Crippen LogP contribution is 2.44. The Morgan fingerprint density at radius 2 is 1.76 bits per heavy atom. The molecule has 37 heavy (non-hydrogen) atoms. The van der Waals surface area contributed by atoms with Crippen LogP contribution in [0.25, 0.3) is 5.00 Å². The SMILES string of the molecule is CCOc1ccc([C@@H]2c3cccn3-c3sc4c(c3CN2C(=O)Nc2ccc(OC)cc2)CCCC4)cc1. The van der Waals surface area contributed by atoms with Crippen LogP contribution in [0.4, 0.5) is 10.5 Å². The molecule has 6 nitrogen and oxygen atoms in total. The number of nitrogens with one attached hydrogen (secondary N) is 1. The summed E-state index contributed by atoms with van der Waals surface area (Å²) in [7, 11) is 1.64. The highest BCUT2D eigenvalue weighted by molar-refractivity contribution is 7.15. The number of anilines is 1. The first kappa shape index (κ1) is 23.7. The molecule has 2 aliphatic rings. The van der Waals surface area contributed by atoms with Crippen LogP contribution in [0.3, 0.4) is 0 Å². The van der Waals surface area contributed by atoms with Crippen LogP contribution in [-0.2, 0) is 19.4 Å². The predicted molar refractivity (Wildman–Crippen MR) is 147 cm³/mol. The maximum absolute atomic E-state index is 14.0. The van der Waals surface area contributed by atoms with Gasteiger partial charge in [-0.2, -0.15) is 0 Å². The molecule has 0 unspecified atom stereocenters. The van der Waals surface area contributed by atoms with Gasteiger partial charge in [0.05, 0.1) is 32.0 Å². The first-order chi connectivity index (χ1) is 18.2. The molecule has 7 heteroatoms. The maximum atomic E-state index is 14.0. The third-order valence-corrected chi connectivity index (χ3v) is 8.62. The van der Waals surface area contributed by atoms with Gasteiger partial charge in [0.25, 0.3) is 0 Å². The Bertz CT molecular complexity index is 1410. The molecular weight excluding hydrogens is 482 g/mol. The molecule has 0 spiro atoms. The van der Waals surface area contributed by atoms with Crippen LogP contribution in [0.1, 0.15) is 53.1 Å². The second-order valence-corrected chi connectivity index (χ2v) is 10.6. The molecule has 1 atom stereocenters. The maximum Gasteiger partial charge on any atom is 0.322 e. The molecule has 1 aliphatic carbocycles. The number of nitrogens with zero attached hydrogens (tertiary/aromatic N) is 2. The zero-order chi connectivity index (χ0) is 25.4. The Labute approximate surface area is 221 Å². The molecule has 0 saturated carbocycles. The molecule has 0 saturated heterocycles. The summed E-state index contributed by atoms with van der Waals surface area (Å²) in [6, 6.07) is 19.5. The molecule has 6 rings (SSSR count). The Morgan fingerprint density at radius 3 is 2.51 bits per heavy atom. The topological polar surface area (TPSA) is 55.7 Å². The summed E-state index contributed by atoms with van der Waals surface area (Å²) in [5.74, 6) is 1.59. The standard InChI is InChI=1S/C30H31N3O3S/c1-3-36-23-14-10-20(11-15-23)28-26-8-6-18-32(26)29-25(24-7-4-5-9-27(24)37-29)19-33(28)30(34)31-21-12-16-22(35-2)17-13-21/h6,8,10-18,28H,3-5,7,9,19H2,1-2H3,(H,31,34)/t28-/m1/s1. The Balaban J connectivity index is 1.44. The lowest BCUT2D eigenvalue weighted by Gasteiger charge is -2.31. The molecular formula is C30H31N3O3S. The fraction of sp³-hybridized carbons (Fsp3) is 0.300. The Hall–Kier alpha value is -3.71. The van der Waals surface area contributed by atoms with Crippen LogP contribution >= 0.6 is 11.3 Å². The van der Waals surface area contributed by atoms with Gasteiger partial charge in [0.2, 0.25) is 0 Å². The van der Waals surface area contributed by atoms with Gasteiger partial charge in [0, 0.05) is 22.3 Å². The average molecular weight is 514 g/mol. The zero-order valence-corrected chi connectivity index (χ0v) is 22.0. The number of carbonyl (C=O) groups is 1. The van der Waals surface area contributed by atoms with Crippen molar-refractivity contribution in [2.75, 3.05) is 19.0 Å². The number of carbonyl (C=O) groups excluding carboxylic acids is 1. The van der Waals surface area contributed by atoms with Gasteiger partial charge < -0.3 is 24.3 Å². The van der Waals surface area contributed by atoms with Crippen LogP contribution in [-0.4, -0.2) is 29.2 Å². The van der Waals surface area contributed by atoms with Crippen molar-refractivity contribution in [2.24, 2.45) is 0 Å². The molecule has 4 aromatic rings. The van der Waals surface area contributed by atoms with Crippen molar-refractivity contribution in [2.45, 2.75) is 45.2 Å². The van der Waals surface area contributed by atoms with E-state index >= 15 is 0 Å². The van der Waals surface area contributed by atoms with E-state index in [4.69, 9.17) is 9.47 Å². The first-order valence-electron chi connectivity index (χ1n) is 12.9. The lowest BCUT2D eigenvalue weighted by atomic mass is 9.95. The second-order valence-electron chi connectivity index (χ2n) is 9.49. The second kappa shape index (κ2) is 9.98. The van der Waals surface area contributed by atoms with E-state index in [0.29, 0.717) is 13.2 Å². The number of aromatic nitrogens is 1. The van der Waals surface area contributed by atoms with Crippen molar-refractivity contribution in [3.05, 3.63) is 94.1 Å². The molecule has 3 heterocycles. The molecule has 2 amide bonds. The van der Waals surface area contributed by atoms with E-state index in [0.717, 1.165) is 41.3 Å². The minimum Gasteiger partial charge on any atom is -0.497 e. The molecule has 1 aliphatic heterocycles. The van der Waals surface area contributed by atoms with Crippen molar-refractivity contribution in [1.29, 1.82) is 0 Å². The monoisotopic (exact) mass is 513 g/mol. The number of thiophene rings is 1. The summed E-state index contributed by atoms with van der Waals surface area (Å²) in [5.41, 5.74) is 5.61. The number of hydrogen-bond acceptors (Lipinski definition) is 4. The number of methoxy groups -OCH3 is 1. The molecule has 190 valence electrons. The highest BCUT2D eigenvalue weighted by Gasteiger charge is 2.36. The normalized spacial score (nSPS) is 16.3. The quantitative estimate of drug-likeness (QED) is 0.314. The summed E-state index contributed by atoms with van der Waals surface area (Å²) >= 11 is 1.90. The van der Waals surface area contributed by atoms with Crippen LogP contribution in [0.15, 0.2) is 66.9 Å². The van der Waals surface area contributed by atoms with Gasteiger partial charge in [-0.1, -0.05) is 12.1 Å². The minimum atomic E-state index is -0.247. The number of hydrogen-bond donors (Lipinski definition) is 1. The average Bonchev–Trinajstić information content (AvgIpc) is 3.52. The molecule has 0 bridgehead atoms. The number of fused-ring (bicyclic) bond motifs is 5. The third-order valence-electron chi connectivity index (χ3n) is 7.29. The summed E-state index contributed by atoms with van der Waals surface area (Å²) in [5, 5.41) is 4.40. The van der Waals surface area contributed by atoms with Crippen LogP contribution in [0.5, 0.6) is 11.5 Å². The van der Waals surface area contributed by atoms with E-state index in [1.54, 1.807) is 7.11 Å². The number of benzene rings is 2. The molecule has 0 fully saturated rings.